The van der Waals surface area contributed by atoms with Crippen molar-refractivity contribution < 1.29 is 8.78 Å². The first-order valence-corrected chi connectivity index (χ1v) is 14.2. The minimum absolute atomic E-state index is 0.124. The summed E-state index contributed by atoms with van der Waals surface area (Å²) < 4.78 is 25.0. The lowest BCUT2D eigenvalue weighted by Crippen LogP contribution is -1.81. The van der Waals surface area contributed by atoms with Gasteiger partial charge in [0, 0.05) is 11.9 Å². The van der Waals surface area contributed by atoms with Crippen LogP contribution in [0.25, 0.3) is 0 Å². The van der Waals surface area contributed by atoms with E-state index in [1.165, 1.54) is 39.9 Å². The van der Waals surface area contributed by atoms with Crippen LogP contribution in [0.5, 0.6) is 0 Å². The van der Waals surface area contributed by atoms with Crippen molar-refractivity contribution in [1.29, 1.82) is 0 Å². The number of hydrogen-bond acceptors (Lipinski definition) is 1. The SMILES string of the molecule is Cc1ccc(F)c(C)c1.Cc1ccc(F)c(C)c1.Cc1cccc(C)c1.Cc1cccc(C)c1.Cc1ccnc(C)c1. The molecule has 5 rings (SSSR count). The maximum atomic E-state index is 12.5. The number of halogens is 2. The molecule has 0 atom stereocenters. The van der Waals surface area contributed by atoms with Gasteiger partial charge in [-0.15, -0.1) is 0 Å². The maximum Gasteiger partial charge on any atom is 0.126 e. The molecule has 0 saturated heterocycles. The number of aryl methyl sites for hydroxylation is 10. The second-order valence-electron chi connectivity index (χ2n) is 10.8. The van der Waals surface area contributed by atoms with Crippen molar-refractivity contribution in [2.75, 3.05) is 0 Å². The Balaban J connectivity index is 0.000000263. The second kappa shape index (κ2) is 19.1. The van der Waals surface area contributed by atoms with Gasteiger partial charge >= 0.3 is 0 Å². The Kier molecular flexibility index (Phi) is 16.3. The Morgan fingerprint density at radius 3 is 0.929 bits per heavy atom. The Bertz CT molecular complexity index is 1300. The molecule has 0 fully saturated rings. The average molecular weight is 568 g/mol. The van der Waals surface area contributed by atoms with E-state index in [0.717, 1.165) is 27.9 Å². The molecular formula is C39H47F2N. The summed E-state index contributed by atoms with van der Waals surface area (Å²) in [5.41, 5.74) is 11.4. The lowest BCUT2D eigenvalue weighted by Gasteiger charge is -1.95. The zero-order valence-electron chi connectivity index (χ0n) is 27.0. The Morgan fingerprint density at radius 1 is 0.381 bits per heavy atom. The minimum atomic E-state index is -0.124. The van der Waals surface area contributed by atoms with E-state index in [4.69, 9.17) is 0 Å². The summed E-state index contributed by atoms with van der Waals surface area (Å²) in [6.07, 6.45) is 1.82. The van der Waals surface area contributed by atoms with Crippen LogP contribution in [-0.4, -0.2) is 4.98 Å². The number of hydrogen-bond donors (Lipinski definition) is 0. The van der Waals surface area contributed by atoms with Gasteiger partial charge in [0.1, 0.15) is 11.6 Å². The predicted octanol–water partition coefficient (Wildman–Crippen LogP) is 11.2. The normalized spacial score (nSPS) is 9.43. The van der Waals surface area contributed by atoms with Crippen molar-refractivity contribution in [1.82, 2.24) is 4.98 Å². The van der Waals surface area contributed by atoms with E-state index in [-0.39, 0.29) is 11.6 Å². The predicted molar refractivity (Wildman–Crippen MR) is 177 cm³/mol. The first-order valence-electron chi connectivity index (χ1n) is 14.2. The molecule has 1 aromatic heterocycles. The standard InChI is InChI=1S/2C8H9F.2C8H10.C7H9N/c2*1-6-3-4-8(9)7(2)5-6;2*1-7-4-3-5-8(2)6-7;1-6-3-4-8-7(2)5-6/h2*3-5H,1-2H3;2*3-6H,1-2H3;3-5H,1-2H3. The van der Waals surface area contributed by atoms with E-state index in [9.17, 15) is 8.78 Å². The molecule has 5 aromatic rings. The van der Waals surface area contributed by atoms with Crippen LogP contribution in [0.2, 0.25) is 0 Å². The van der Waals surface area contributed by atoms with Gasteiger partial charge in [0.05, 0.1) is 0 Å². The van der Waals surface area contributed by atoms with Crippen LogP contribution in [0.3, 0.4) is 0 Å². The molecule has 0 spiro atoms. The quantitative estimate of drug-likeness (QED) is 0.181. The molecule has 0 aliphatic rings. The van der Waals surface area contributed by atoms with Gasteiger partial charge in [-0.3, -0.25) is 4.98 Å². The molecule has 0 aliphatic carbocycles. The van der Waals surface area contributed by atoms with Crippen molar-refractivity contribution in [3.8, 4) is 0 Å². The van der Waals surface area contributed by atoms with Gasteiger partial charge in [-0.2, -0.15) is 0 Å². The van der Waals surface area contributed by atoms with Crippen LogP contribution in [0.4, 0.5) is 8.78 Å². The Labute approximate surface area is 253 Å². The molecule has 0 unspecified atom stereocenters. The van der Waals surface area contributed by atoms with Crippen molar-refractivity contribution >= 4 is 0 Å². The Hall–Kier alpha value is -4.11. The van der Waals surface area contributed by atoms with E-state index in [0.29, 0.717) is 0 Å². The van der Waals surface area contributed by atoms with Gasteiger partial charge in [0.2, 0.25) is 0 Å². The van der Waals surface area contributed by atoms with Crippen molar-refractivity contribution in [3.63, 3.8) is 0 Å². The van der Waals surface area contributed by atoms with Crippen LogP contribution in [0.1, 0.15) is 55.8 Å². The van der Waals surface area contributed by atoms with Crippen molar-refractivity contribution in [3.05, 3.63) is 171 Å². The van der Waals surface area contributed by atoms with Gasteiger partial charge in [0.15, 0.2) is 0 Å². The first kappa shape index (κ1) is 35.9. The lowest BCUT2D eigenvalue weighted by atomic mass is 10.1. The van der Waals surface area contributed by atoms with Crippen LogP contribution in [-0.2, 0) is 0 Å². The molecule has 0 aliphatic heterocycles. The average Bonchev–Trinajstić information content (AvgIpc) is 2.90. The van der Waals surface area contributed by atoms with Gasteiger partial charge in [0.25, 0.3) is 0 Å². The molecule has 1 nitrogen and oxygen atoms in total. The van der Waals surface area contributed by atoms with E-state index in [2.05, 4.69) is 94.2 Å². The van der Waals surface area contributed by atoms with Crippen LogP contribution >= 0.6 is 0 Å². The molecule has 0 amide bonds. The third-order valence-corrected chi connectivity index (χ3v) is 6.03. The maximum absolute atomic E-state index is 12.5. The topological polar surface area (TPSA) is 12.9 Å². The monoisotopic (exact) mass is 567 g/mol. The number of rotatable bonds is 0. The highest BCUT2D eigenvalue weighted by molar-refractivity contribution is 5.23. The van der Waals surface area contributed by atoms with Gasteiger partial charge in [-0.1, -0.05) is 106 Å². The van der Waals surface area contributed by atoms with E-state index >= 15 is 0 Å². The summed E-state index contributed by atoms with van der Waals surface area (Å²) in [6.45, 7) is 19.9. The van der Waals surface area contributed by atoms with Crippen LogP contribution in [0.15, 0.2) is 103 Å². The largest absolute Gasteiger partial charge is 0.262 e. The number of benzene rings is 4. The zero-order chi connectivity index (χ0) is 31.7. The molecule has 0 saturated carbocycles. The molecule has 0 N–H and O–H groups in total. The third kappa shape index (κ3) is 16.2. The van der Waals surface area contributed by atoms with Crippen LogP contribution in [0, 0.1) is 80.9 Å². The van der Waals surface area contributed by atoms with Crippen molar-refractivity contribution in [2.24, 2.45) is 0 Å². The highest BCUT2D eigenvalue weighted by Gasteiger charge is 1.94. The molecule has 3 heteroatoms. The smallest absolute Gasteiger partial charge is 0.126 e. The third-order valence-electron chi connectivity index (χ3n) is 6.03. The summed E-state index contributed by atoms with van der Waals surface area (Å²) in [4.78, 5) is 4.04. The number of nitrogens with zero attached hydrogens (tertiary/aromatic N) is 1. The number of pyridine rings is 1. The second-order valence-corrected chi connectivity index (χ2v) is 10.8. The fourth-order valence-corrected chi connectivity index (χ4v) is 3.89. The minimum Gasteiger partial charge on any atom is -0.262 e. The summed E-state index contributed by atoms with van der Waals surface area (Å²) in [6, 6.07) is 31.1. The highest BCUT2D eigenvalue weighted by Crippen LogP contribution is 2.08. The fraction of sp³-hybridized carbons (Fsp3) is 0.256. The molecule has 222 valence electrons. The van der Waals surface area contributed by atoms with Crippen LogP contribution < -0.4 is 0 Å². The molecule has 0 bridgehead atoms. The van der Waals surface area contributed by atoms with Gasteiger partial charge in [-0.25, -0.2) is 8.78 Å². The molecule has 1 heterocycles. The summed E-state index contributed by atoms with van der Waals surface area (Å²) in [5.74, 6) is -0.249. The summed E-state index contributed by atoms with van der Waals surface area (Å²) in [5, 5.41) is 0. The first-order chi connectivity index (χ1) is 19.8. The summed E-state index contributed by atoms with van der Waals surface area (Å²) in [7, 11) is 0. The molecular weight excluding hydrogens is 520 g/mol. The number of aromatic nitrogens is 1. The highest BCUT2D eigenvalue weighted by atomic mass is 19.1. The summed E-state index contributed by atoms with van der Waals surface area (Å²) >= 11 is 0. The van der Waals surface area contributed by atoms with E-state index in [1.54, 1.807) is 26.0 Å². The molecule has 4 aromatic carbocycles. The van der Waals surface area contributed by atoms with E-state index < -0.39 is 0 Å². The Morgan fingerprint density at radius 2 is 0.714 bits per heavy atom. The van der Waals surface area contributed by atoms with Gasteiger partial charge < -0.3 is 0 Å². The lowest BCUT2D eigenvalue weighted by molar-refractivity contribution is 0.617. The van der Waals surface area contributed by atoms with Gasteiger partial charge in [-0.05, 0) is 110 Å². The van der Waals surface area contributed by atoms with Crippen molar-refractivity contribution in [2.45, 2.75) is 69.2 Å². The molecule has 42 heavy (non-hydrogen) atoms. The zero-order valence-corrected chi connectivity index (χ0v) is 27.0. The van der Waals surface area contributed by atoms with E-state index in [1.807, 2.05) is 45.2 Å². The fourth-order valence-electron chi connectivity index (χ4n) is 3.89. The molecule has 0 radical (unpaired) electrons.